The van der Waals surface area contributed by atoms with Gasteiger partial charge in [0, 0.05) is 17.0 Å². The Morgan fingerprint density at radius 3 is 2.93 bits per heavy atom. The van der Waals surface area contributed by atoms with E-state index in [1.807, 2.05) is 24.3 Å². The van der Waals surface area contributed by atoms with Crippen LogP contribution in [0.2, 0.25) is 0 Å². The number of hydrogen-bond acceptors (Lipinski definition) is 4. The van der Waals surface area contributed by atoms with Crippen LogP contribution in [-0.4, -0.2) is 9.99 Å². The first kappa shape index (κ1) is 9.93. The molecule has 1 N–H and O–H groups in total. The number of para-hydroxylation sites is 1. The molecule has 1 atom stereocenters. The normalized spacial score (nSPS) is 24.1. The number of hydrogen-bond donors (Lipinski definition) is 2. The minimum Gasteiger partial charge on any atom is -0.361 e. The fourth-order valence-corrected chi connectivity index (χ4v) is 3.31. The molecular weight excluding hydrogens is 214 g/mol. The number of carbonyl (C=O) groups excluding carboxylic acids is 1. The summed E-state index contributed by atoms with van der Waals surface area (Å²) in [4.78, 5) is 12.2. The Morgan fingerprint density at radius 2 is 2.29 bits per heavy atom. The summed E-state index contributed by atoms with van der Waals surface area (Å²) < 4.78 is -0.463. The second-order valence-electron chi connectivity index (χ2n) is 3.39. The number of carbonyl (C=O) groups is 1. The molecule has 1 unspecified atom stereocenters. The van der Waals surface area contributed by atoms with Crippen LogP contribution < -0.4 is 5.32 Å². The maximum atomic E-state index is 11.1. The second-order valence-corrected chi connectivity index (χ2v) is 5.79. The van der Waals surface area contributed by atoms with Crippen molar-refractivity contribution >= 4 is 35.9 Å². The maximum absolute atomic E-state index is 11.1. The monoisotopic (exact) mass is 225 g/mol. The summed E-state index contributed by atoms with van der Waals surface area (Å²) in [5, 5.41) is 3.25. The highest BCUT2D eigenvalue weighted by atomic mass is 32.2. The van der Waals surface area contributed by atoms with E-state index in [4.69, 9.17) is 0 Å². The highest BCUT2D eigenvalue weighted by molar-refractivity contribution is 8.12. The molecule has 0 saturated carbocycles. The Bertz CT molecular complexity index is 353. The molecule has 1 aromatic rings. The number of anilines is 1. The molecular formula is C10H11NOS2. The number of ketones is 1. The number of thioether (sulfide) groups is 1. The standard InChI is InChI=1S/C10H11NOS2/c1-7(12)6-10(13)11-8-4-2-3-5-9(8)14-10/h2-5,11,13H,6H2,1H3. The van der Waals surface area contributed by atoms with Crippen molar-refractivity contribution in [3.8, 4) is 0 Å². The number of fused-ring (bicyclic) bond motifs is 1. The number of rotatable bonds is 2. The summed E-state index contributed by atoms with van der Waals surface area (Å²) in [7, 11) is 0. The smallest absolute Gasteiger partial charge is 0.139 e. The van der Waals surface area contributed by atoms with Crippen molar-refractivity contribution in [2.45, 2.75) is 22.4 Å². The number of Topliss-reactive ketones (excluding diaryl/α,β-unsaturated/α-hetero) is 1. The van der Waals surface area contributed by atoms with E-state index >= 15 is 0 Å². The molecule has 4 heteroatoms. The zero-order chi connectivity index (χ0) is 10.2. The molecule has 0 radical (unpaired) electrons. The van der Waals surface area contributed by atoms with Gasteiger partial charge in [-0.1, -0.05) is 23.9 Å². The van der Waals surface area contributed by atoms with E-state index in [-0.39, 0.29) is 5.78 Å². The summed E-state index contributed by atoms with van der Waals surface area (Å²) in [6, 6.07) is 7.99. The van der Waals surface area contributed by atoms with E-state index in [2.05, 4.69) is 17.9 Å². The highest BCUT2D eigenvalue weighted by Gasteiger charge is 2.35. The lowest BCUT2D eigenvalue weighted by Gasteiger charge is -2.20. The molecule has 0 amide bonds. The van der Waals surface area contributed by atoms with Gasteiger partial charge in [0.2, 0.25) is 0 Å². The van der Waals surface area contributed by atoms with E-state index in [1.54, 1.807) is 18.7 Å². The Hall–Kier alpha value is -0.610. The molecule has 1 heterocycles. The van der Waals surface area contributed by atoms with Crippen LogP contribution in [0.4, 0.5) is 5.69 Å². The minimum atomic E-state index is -0.463. The van der Waals surface area contributed by atoms with Gasteiger partial charge in [-0.2, -0.15) is 0 Å². The molecule has 0 saturated heterocycles. The molecule has 0 fully saturated rings. The lowest BCUT2D eigenvalue weighted by molar-refractivity contribution is -0.117. The van der Waals surface area contributed by atoms with E-state index in [9.17, 15) is 4.79 Å². The maximum Gasteiger partial charge on any atom is 0.139 e. The van der Waals surface area contributed by atoms with Gasteiger partial charge in [-0.3, -0.25) is 4.79 Å². The SMILES string of the molecule is CC(=O)CC1(S)Nc2ccccc2S1. The third-order valence-electron chi connectivity index (χ3n) is 1.98. The van der Waals surface area contributed by atoms with Crippen molar-refractivity contribution in [2.24, 2.45) is 0 Å². The summed E-state index contributed by atoms with van der Waals surface area (Å²) in [5.74, 6) is 0.146. The first-order chi connectivity index (χ1) is 6.59. The Kier molecular flexibility index (Phi) is 2.49. The van der Waals surface area contributed by atoms with Crippen molar-refractivity contribution in [3.63, 3.8) is 0 Å². The Labute approximate surface area is 92.9 Å². The third kappa shape index (κ3) is 1.91. The van der Waals surface area contributed by atoms with Gasteiger partial charge >= 0.3 is 0 Å². The average Bonchev–Trinajstić information content (AvgIpc) is 2.38. The first-order valence-corrected chi connectivity index (χ1v) is 5.63. The zero-order valence-electron chi connectivity index (χ0n) is 7.78. The number of benzene rings is 1. The predicted octanol–water partition coefficient (Wildman–Crippen LogP) is 2.77. The van der Waals surface area contributed by atoms with Gasteiger partial charge in [0.1, 0.15) is 9.99 Å². The lowest BCUT2D eigenvalue weighted by atomic mass is 10.3. The van der Waals surface area contributed by atoms with Crippen LogP contribution in [0.15, 0.2) is 29.2 Å². The van der Waals surface area contributed by atoms with E-state index in [1.165, 1.54) is 0 Å². The van der Waals surface area contributed by atoms with Crippen LogP contribution in [0.3, 0.4) is 0 Å². The molecule has 1 aliphatic rings. The molecule has 2 nitrogen and oxygen atoms in total. The molecule has 1 aromatic carbocycles. The summed E-state index contributed by atoms with van der Waals surface area (Å²) in [5.41, 5.74) is 1.06. The minimum absolute atomic E-state index is 0.146. The van der Waals surface area contributed by atoms with Gasteiger partial charge < -0.3 is 5.32 Å². The highest BCUT2D eigenvalue weighted by Crippen LogP contribution is 2.49. The van der Waals surface area contributed by atoms with Crippen molar-refractivity contribution < 1.29 is 4.79 Å². The van der Waals surface area contributed by atoms with Crippen LogP contribution in [0.25, 0.3) is 0 Å². The third-order valence-corrected chi connectivity index (χ3v) is 3.69. The lowest BCUT2D eigenvalue weighted by Crippen LogP contribution is -2.26. The summed E-state index contributed by atoms with van der Waals surface area (Å²) in [6.07, 6.45) is 0.426. The topological polar surface area (TPSA) is 29.1 Å². The Balaban J connectivity index is 2.21. The number of nitrogens with one attached hydrogen (secondary N) is 1. The number of thiol groups is 1. The molecule has 0 bridgehead atoms. The first-order valence-electron chi connectivity index (χ1n) is 4.37. The van der Waals surface area contributed by atoms with Crippen molar-refractivity contribution in [3.05, 3.63) is 24.3 Å². The fraction of sp³-hybridized carbons (Fsp3) is 0.300. The van der Waals surface area contributed by atoms with Gasteiger partial charge in [-0.25, -0.2) is 0 Å². The van der Waals surface area contributed by atoms with E-state index < -0.39 is 4.20 Å². The molecule has 74 valence electrons. The van der Waals surface area contributed by atoms with Crippen LogP contribution in [-0.2, 0) is 4.79 Å². The van der Waals surface area contributed by atoms with Crippen LogP contribution in [0.5, 0.6) is 0 Å². The average molecular weight is 225 g/mol. The van der Waals surface area contributed by atoms with Crippen molar-refractivity contribution in [1.29, 1.82) is 0 Å². The van der Waals surface area contributed by atoms with Crippen LogP contribution >= 0.6 is 24.4 Å². The van der Waals surface area contributed by atoms with Crippen LogP contribution in [0, 0.1) is 0 Å². The summed E-state index contributed by atoms with van der Waals surface area (Å²) >= 11 is 6.10. The molecule has 2 rings (SSSR count). The molecule has 0 spiro atoms. The second kappa shape index (κ2) is 3.51. The molecule has 0 aromatic heterocycles. The van der Waals surface area contributed by atoms with Gasteiger partial charge in [-0.15, -0.1) is 12.6 Å². The predicted molar refractivity (Wildman–Crippen MR) is 62.9 cm³/mol. The quantitative estimate of drug-likeness (QED) is 0.758. The van der Waals surface area contributed by atoms with Gasteiger partial charge in [0.05, 0.1) is 0 Å². The van der Waals surface area contributed by atoms with E-state index in [0.717, 1.165) is 10.6 Å². The molecule has 14 heavy (non-hydrogen) atoms. The zero-order valence-corrected chi connectivity index (χ0v) is 9.49. The molecule has 1 aliphatic heterocycles. The van der Waals surface area contributed by atoms with Gasteiger partial charge in [-0.05, 0) is 19.1 Å². The largest absolute Gasteiger partial charge is 0.361 e. The van der Waals surface area contributed by atoms with Crippen molar-refractivity contribution in [2.75, 3.05) is 5.32 Å². The van der Waals surface area contributed by atoms with Crippen molar-refractivity contribution in [1.82, 2.24) is 0 Å². The van der Waals surface area contributed by atoms with Gasteiger partial charge in [0.15, 0.2) is 0 Å². The van der Waals surface area contributed by atoms with Gasteiger partial charge in [0.25, 0.3) is 0 Å². The molecule has 0 aliphatic carbocycles. The fourth-order valence-electron chi connectivity index (χ4n) is 1.49. The summed E-state index contributed by atoms with van der Waals surface area (Å²) in [6.45, 7) is 1.59. The Morgan fingerprint density at radius 1 is 1.57 bits per heavy atom. The van der Waals surface area contributed by atoms with Crippen LogP contribution in [0.1, 0.15) is 13.3 Å². The van der Waals surface area contributed by atoms with E-state index in [0.29, 0.717) is 6.42 Å².